The molecule has 2 N–H and O–H groups in total. The first-order chi connectivity index (χ1) is 14.8. The number of benzene rings is 1. The Labute approximate surface area is 180 Å². The van der Waals surface area contributed by atoms with Crippen LogP contribution in [-0.4, -0.2) is 53.9 Å². The van der Waals surface area contributed by atoms with Gasteiger partial charge in [-0.15, -0.1) is 0 Å². The summed E-state index contributed by atoms with van der Waals surface area (Å²) in [4.78, 5) is 11.0. The summed E-state index contributed by atoms with van der Waals surface area (Å²) in [5, 5.41) is 13.2. The molecule has 3 heterocycles. The van der Waals surface area contributed by atoms with Gasteiger partial charge in [0.2, 0.25) is 0 Å². The number of hydrogen-bond donors (Lipinski definition) is 2. The standard InChI is InChI=1S/C17H14F3N3O.C6H13N/c1-21-14-5-7-23-16(11-4-6-22-9-13(11)14)12-3-2-10(8-15(12)24)17(18,19)20;1-2-7-5-3-4-6-7/h2-6,8-9,21,24H,7H2,1H3;2-6H2,1H3. The predicted octanol–water partition coefficient (Wildman–Crippen LogP) is 4.32. The van der Waals surface area contributed by atoms with E-state index in [-0.39, 0.29) is 5.56 Å². The van der Waals surface area contributed by atoms with Crippen LogP contribution in [0.25, 0.3) is 5.70 Å². The van der Waals surface area contributed by atoms with E-state index < -0.39 is 17.5 Å². The SMILES string of the molecule is CCN1CCCC1.CNC1=CCN=C(c2ccc(C(F)(F)F)cc2O)c2ccncc21. The van der Waals surface area contributed by atoms with Crippen LogP contribution in [0.5, 0.6) is 5.75 Å². The van der Waals surface area contributed by atoms with E-state index in [9.17, 15) is 18.3 Å². The number of nitrogens with zero attached hydrogens (tertiary/aromatic N) is 3. The molecule has 2 aliphatic rings. The fourth-order valence-electron chi connectivity index (χ4n) is 3.71. The summed E-state index contributed by atoms with van der Waals surface area (Å²) >= 11 is 0. The minimum Gasteiger partial charge on any atom is -0.507 e. The van der Waals surface area contributed by atoms with E-state index in [1.54, 1.807) is 25.5 Å². The molecule has 1 aromatic heterocycles. The molecule has 166 valence electrons. The van der Waals surface area contributed by atoms with Crippen LogP contribution in [0.4, 0.5) is 13.2 Å². The first-order valence-corrected chi connectivity index (χ1v) is 10.3. The van der Waals surface area contributed by atoms with E-state index in [4.69, 9.17) is 0 Å². The van der Waals surface area contributed by atoms with Gasteiger partial charge in [-0.05, 0) is 62.8 Å². The number of hydrogen-bond acceptors (Lipinski definition) is 5. The van der Waals surface area contributed by atoms with Crippen LogP contribution >= 0.6 is 0 Å². The number of likely N-dealkylation sites (tertiary alicyclic amines) is 1. The van der Waals surface area contributed by atoms with Crippen molar-refractivity contribution < 1.29 is 18.3 Å². The van der Waals surface area contributed by atoms with Gasteiger partial charge >= 0.3 is 6.18 Å². The van der Waals surface area contributed by atoms with Gasteiger partial charge in [0.1, 0.15) is 5.75 Å². The number of aliphatic imine (C=N–C) groups is 1. The molecule has 5 nitrogen and oxygen atoms in total. The molecule has 1 fully saturated rings. The fraction of sp³-hybridized carbons (Fsp3) is 0.391. The maximum Gasteiger partial charge on any atom is 0.416 e. The highest BCUT2D eigenvalue weighted by Crippen LogP contribution is 2.34. The lowest BCUT2D eigenvalue weighted by molar-refractivity contribution is -0.137. The van der Waals surface area contributed by atoms with Gasteiger partial charge in [-0.25, -0.2) is 0 Å². The number of aromatic hydroxyl groups is 1. The summed E-state index contributed by atoms with van der Waals surface area (Å²) in [7, 11) is 1.77. The lowest BCUT2D eigenvalue weighted by Gasteiger charge is -2.14. The number of alkyl halides is 3. The normalized spacial score (nSPS) is 16.4. The van der Waals surface area contributed by atoms with Crippen molar-refractivity contribution in [1.82, 2.24) is 15.2 Å². The van der Waals surface area contributed by atoms with Gasteiger partial charge in [0.25, 0.3) is 0 Å². The molecule has 0 spiro atoms. The van der Waals surface area contributed by atoms with E-state index >= 15 is 0 Å². The second-order valence-electron chi connectivity index (χ2n) is 7.35. The van der Waals surface area contributed by atoms with Crippen molar-refractivity contribution in [2.24, 2.45) is 4.99 Å². The Morgan fingerprint density at radius 2 is 1.84 bits per heavy atom. The molecule has 0 aliphatic carbocycles. The van der Waals surface area contributed by atoms with Crippen molar-refractivity contribution in [2.45, 2.75) is 25.9 Å². The zero-order chi connectivity index (χ0) is 22.4. The molecule has 0 radical (unpaired) electrons. The maximum atomic E-state index is 12.8. The Morgan fingerprint density at radius 3 is 2.42 bits per heavy atom. The van der Waals surface area contributed by atoms with Crippen molar-refractivity contribution in [3.8, 4) is 5.75 Å². The molecule has 31 heavy (non-hydrogen) atoms. The molecule has 1 aromatic carbocycles. The van der Waals surface area contributed by atoms with Crippen molar-refractivity contribution in [2.75, 3.05) is 33.2 Å². The second-order valence-corrected chi connectivity index (χ2v) is 7.35. The number of nitrogens with one attached hydrogen (secondary N) is 1. The van der Waals surface area contributed by atoms with E-state index in [0.29, 0.717) is 17.8 Å². The van der Waals surface area contributed by atoms with E-state index in [0.717, 1.165) is 23.4 Å². The minimum atomic E-state index is -4.51. The first-order valence-electron chi connectivity index (χ1n) is 10.3. The summed E-state index contributed by atoms with van der Waals surface area (Å²) in [5.74, 6) is -0.459. The molecular weight excluding hydrogens is 405 g/mol. The number of fused-ring (bicyclic) bond motifs is 1. The molecule has 0 amide bonds. The number of halogens is 3. The highest BCUT2D eigenvalue weighted by Gasteiger charge is 2.31. The molecule has 4 rings (SSSR count). The highest BCUT2D eigenvalue weighted by atomic mass is 19.4. The third-order valence-corrected chi connectivity index (χ3v) is 5.41. The molecule has 1 saturated heterocycles. The van der Waals surface area contributed by atoms with Gasteiger partial charge in [0, 0.05) is 41.8 Å². The monoisotopic (exact) mass is 432 g/mol. The summed E-state index contributed by atoms with van der Waals surface area (Å²) in [6.07, 6.45) is 3.42. The Kier molecular flexibility index (Phi) is 7.33. The van der Waals surface area contributed by atoms with Gasteiger partial charge in [0.15, 0.2) is 0 Å². The molecule has 2 aliphatic heterocycles. The molecule has 0 saturated carbocycles. The van der Waals surface area contributed by atoms with E-state index in [2.05, 4.69) is 27.1 Å². The van der Waals surface area contributed by atoms with Crippen molar-refractivity contribution in [3.05, 3.63) is 65.0 Å². The van der Waals surface area contributed by atoms with Gasteiger partial charge < -0.3 is 15.3 Å². The first kappa shape index (κ1) is 22.8. The van der Waals surface area contributed by atoms with Gasteiger partial charge in [-0.2, -0.15) is 13.2 Å². The molecular formula is C23H27F3N4O. The van der Waals surface area contributed by atoms with Crippen molar-refractivity contribution in [1.29, 1.82) is 0 Å². The van der Waals surface area contributed by atoms with Crippen LogP contribution in [0.3, 0.4) is 0 Å². The van der Waals surface area contributed by atoms with Crippen LogP contribution in [0.15, 0.2) is 47.7 Å². The molecule has 0 unspecified atom stereocenters. The quantitative estimate of drug-likeness (QED) is 0.759. The number of phenolic OH excluding ortho intramolecular Hbond substituents is 1. The van der Waals surface area contributed by atoms with E-state index in [1.807, 2.05) is 6.08 Å². The summed E-state index contributed by atoms with van der Waals surface area (Å²) in [5.41, 5.74) is 2.07. The van der Waals surface area contributed by atoms with Crippen LogP contribution in [0.1, 0.15) is 42.0 Å². The third-order valence-electron chi connectivity index (χ3n) is 5.41. The van der Waals surface area contributed by atoms with Gasteiger partial charge in [0.05, 0.1) is 17.8 Å². The molecule has 0 atom stereocenters. The average Bonchev–Trinajstić information content (AvgIpc) is 3.22. The zero-order valence-corrected chi connectivity index (χ0v) is 17.7. The topological polar surface area (TPSA) is 60.8 Å². The summed E-state index contributed by atoms with van der Waals surface area (Å²) < 4.78 is 38.3. The Hall–Kier alpha value is -2.87. The molecule has 8 heteroatoms. The third kappa shape index (κ3) is 5.44. The number of pyridine rings is 1. The fourth-order valence-corrected chi connectivity index (χ4v) is 3.71. The van der Waals surface area contributed by atoms with Crippen LogP contribution in [0.2, 0.25) is 0 Å². The van der Waals surface area contributed by atoms with Crippen molar-refractivity contribution >= 4 is 11.4 Å². The zero-order valence-electron chi connectivity index (χ0n) is 17.7. The minimum absolute atomic E-state index is 0.251. The Balaban J connectivity index is 0.000000330. The Morgan fingerprint density at radius 1 is 1.10 bits per heavy atom. The van der Waals surface area contributed by atoms with Gasteiger partial charge in [-0.3, -0.25) is 9.98 Å². The number of aromatic nitrogens is 1. The lowest BCUT2D eigenvalue weighted by atomic mass is 9.96. The van der Waals surface area contributed by atoms with Crippen LogP contribution < -0.4 is 5.32 Å². The average molecular weight is 432 g/mol. The summed E-state index contributed by atoms with van der Waals surface area (Å²) in [6, 6.07) is 4.62. The number of phenols is 1. The van der Waals surface area contributed by atoms with Gasteiger partial charge in [-0.1, -0.05) is 6.92 Å². The van der Waals surface area contributed by atoms with E-state index in [1.165, 1.54) is 38.5 Å². The molecule has 0 bridgehead atoms. The second kappa shape index (κ2) is 9.96. The highest BCUT2D eigenvalue weighted by molar-refractivity contribution is 6.17. The smallest absolute Gasteiger partial charge is 0.416 e. The van der Waals surface area contributed by atoms with Crippen molar-refractivity contribution in [3.63, 3.8) is 0 Å². The predicted molar refractivity (Wildman–Crippen MR) is 116 cm³/mol. The van der Waals surface area contributed by atoms with Crippen LogP contribution in [0, 0.1) is 0 Å². The Bertz CT molecular complexity index is 964. The lowest BCUT2D eigenvalue weighted by Crippen LogP contribution is -2.17. The maximum absolute atomic E-state index is 12.8. The largest absolute Gasteiger partial charge is 0.507 e. The number of rotatable bonds is 3. The summed E-state index contributed by atoms with van der Waals surface area (Å²) in [6.45, 7) is 6.50. The van der Waals surface area contributed by atoms with Crippen LogP contribution in [-0.2, 0) is 6.18 Å². The molecule has 2 aromatic rings.